The van der Waals surface area contributed by atoms with Gasteiger partial charge in [-0.05, 0) is 38.1 Å². The first kappa shape index (κ1) is 16.0. The van der Waals surface area contributed by atoms with Gasteiger partial charge in [0.1, 0.15) is 5.82 Å². The molecule has 1 aliphatic heterocycles. The highest BCUT2D eigenvalue weighted by Gasteiger charge is 2.23. The molecule has 7 heteroatoms. The summed E-state index contributed by atoms with van der Waals surface area (Å²) in [6.45, 7) is 3.96. The molecule has 1 aliphatic rings. The molecule has 0 radical (unpaired) electrons. The number of carbonyl (C=O) groups is 1. The molecule has 1 aromatic carbocycles. The van der Waals surface area contributed by atoms with Crippen molar-refractivity contribution in [2.75, 3.05) is 5.32 Å². The van der Waals surface area contributed by atoms with Gasteiger partial charge in [-0.3, -0.25) is 9.48 Å². The molecule has 0 bridgehead atoms. The average Bonchev–Trinajstić information content (AvgIpc) is 3.24. The maximum absolute atomic E-state index is 12.7. The smallest absolute Gasteiger partial charge is 0.256 e. The minimum atomic E-state index is -0.133. The zero-order valence-corrected chi connectivity index (χ0v) is 15.2. The van der Waals surface area contributed by atoms with Crippen molar-refractivity contribution in [1.82, 2.24) is 19.6 Å². The molecule has 0 spiro atoms. The van der Waals surface area contributed by atoms with Gasteiger partial charge in [-0.25, -0.2) is 4.68 Å². The SMILES string of the molecule is Cc1cc(C)n(-c2cccc(C(=O)Nc3c4c(nn3C)CSC4)c2)n1. The molecular formula is C18H19N5OS. The van der Waals surface area contributed by atoms with E-state index >= 15 is 0 Å². The van der Waals surface area contributed by atoms with Gasteiger partial charge in [0.05, 0.1) is 17.1 Å². The number of aryl methyl sites for hydroxylation is 3. The molecular weight excluding hydrogens is 334 g/mol. The minimum absolute atomic E-state index is 0.133. The Hall–Kier alpha value is -2.54. The second kappa shape index (κ2) is 6.07. The number of amides is 1. The number of rotatable bonds is 3. The lowest BCUT2D eigenvalue weighted by Crippen LogP contribution is -2.16. The normalized spacial score (nSPS) is 13.1. The Morgan fingerprint density at radius 3 is 2.80 bits per heavy atom. The van der Waals surface area contributed by atoms with Crippen molar-refractivity contribution in [2.45, 2.75) is 25.4 Å². The van der Waals surface area contributed by atoms with Gasteiger partial charge >= 0.3 is 0 Å². The molecule has 2 aromatic heterocycles. The van der Waals surface area contributed by atoms with Crippen molar-refractivity contribution in [3.8, 4) is 5.69 Å². The van der Waals surface area contributed by atoms with Crippen molar-refractivity contribution >= 4 is 23.5 Å². The molecule has 0 fully saturated rings. The van der Waals surface area contributed by atoms with E-state index in [-0.39, 0.29) is 5.91 Å². The van der Waals surface area contributed by atoms with Crippen LogP contribution in [0.5, 0.6) is 0 Å². The largest absolute Gasteiger partial charge is 0.307 e. The van der Waals surface area contributed by atoms with Crippen LogP contribution in [0.15, 0.2) is 30.3 Å². The zero-order chi connectivity index (χ0) is 17.6. The highest BCUT2D eigenvalue weighted by Crippen LogP contribution is 2.34. The van der Waals surface area contributed by atoms with E-state index in [4.69, 9.17) is 0 Å². The summed E-state index contributed by atoms with van der Waals surface area (Å²) in [5.41, 5.74) is 5.68. The highest BCUT2D eigenvalue weighted by molar-refractivity contribution is 7.98. The molecule has 0 unspecified atom stereocenters. The number of aromatic nitrogens is 4. The molecule has 0 saturated heterocycles. The Morgan fingerprint density at radius 2 is 2.04 bits per heavy atom. The number of anilines is 1. The number of hydrogen-bond donors (Lipinski definition) is 1. The fraction of sp³-hybridized carbons (Fsp3) is 0.278. The summed E-state index contributed by atoms with van der Waals surface area (Å²) in [7, 11) is 1.87. The van der Waals surface area contributed by atoms with Gasteiger partial charge in [0, 0.05) is 35.4 Å². The quantitative estimate of drug-likeness (QED) is 0.785. The molecule has 0 atom stereocenters. The van der Waals surface area contributed by atoms with E-state index in [2.05, 4.69) is 15.5 Å². The van der Waals surface area contributed by atoms with Crippen molar-refractivity contribution in [3.05, 3.63) is 58.5 Å². The van der Waals surface area contributed by atoms with Crippen LogP contribution >= 0.6 is 11.8 Å². The Labute approximate surface area is 150 Å². The molecule has 25 heavy (non-hydrogen) atoms. The molecule has 3 aromatic rings. The summed E-state index contributed by atoms with van der Waals surface area (Å²) in [5.74, 6) is 2.46. The van der Waals surface area contributed by atoms with Gasteiger partial charge in [0.25, 0.3) is 5.91 Å². The maximum Gasteiger partial charge on any atom is 0.256 e. The van der Waals surface area contributed by atoms with Gasteiger partial charge < -0.3 is 5.32 Å². The summed E-state index contributed by atoms with van der Waals surface area (Å²) in [5, 5.41) is 12.0. The maximum atomic E-state index is 12.7. The Kier molecular flexibility index (Phi) is 3.88. The monoisotopic (exact) mass is 353 g/mol. The highest BCUT2D eigenvalue weighted by atomic mass is 32.2. The third-order valence-electron chi connectivity index (χ3n) is 4.31. The van der Waals surface area contributed by atoms with Crippen LogP contribution in [-0.2, 0) is 18.6 Å². The Bertz CT molecular complexity index is 972. The predicted octanol–water partition coefficient (Wildman–Crippen LogP) is 3.22. The van der Waals surface area contributed by atoms with Gasteiger partial charge in [0.2, 0.25) is 0 Å². The van der Waals surface area contributed by atoms with E-state index in [0.29, 0.717) is 5.56 Å². The van der Waals surface area contributed by atoms with E-state index in [9.17, 15) is 4.79 Å². The molecule has 0 aliphatic carbocycles. The van der Waals surface area contributed by atoms with E-state index in [1.165, 1.54) is 0 Å². The molecule has 1 N–H and O–H groups in total. The van der Waals surface area contributed by atoms with Crippen LogP contribution in [0.1, 0.15) is 33.0 Å². The topological polar surface area (TPSA) is 64.7 Å². The third kappa shape index (κ3) is 2.84. The van der Waals surface area contributed by atoms with Gasteiger partial charge in [-0.15, -0.1) is 0 Å². The van der Waals surface area contributed by atoms with Crippen LogP contribution in [0.4, 0.5) is 5.82 Å². The second-order valence-corrected chi connectivity index (χ2v) is 7.22. The van der Waals surface area contributed by atoms with Crippen LogP contribution < -0.4 is 5.32 Å². The number of nitrogens with one attached hydrogen (secondary N) is 1. The van der Waals surface area contributed by atoms with Crippen molar-refractivity contribution in [2.24, 2.45) is 7.05 Å². The van der Waals surface area contributed by atoms with E-state index in [1.54, 1.807) is 4.68 Å². The molecule has 0 saturated carbocycles. The van der Waals surface area contributed by atoms with Crippen LogP contribution in [0.25, 0.3) is 5.69 Å². The first-order valence-electron chi connectivity index (χ1n) is 8.10. The Morgan fingerprint density at radius 1 is 1.20 bits per heavy atom. The lowest BCUT2D eigenvalue weighted by atomic mass is 10.2. The first-order valence-corrected chi connectivity index (χ1v) is 9.26. The first-order chi connectivity index (χ1) is 12.0. The number of thioether (sulfide) groups is 1. The van der Waals surface area contributed by atoms with Gasteiger partial charge in [-0.2, -0.15) is 22.0 Å². The fourth-order valence-corrected chi connectivity index (χ4v) is 4.18. The van der Waals surface area contributed by atoms with E-state index in [0.717, 1.165) is 45.7 Å². The van der Waals surface area contributed by atoms with Crippen LogP contribution in [-0.4, -0.2) is 25.5 Å². The summed E-state index contributed by atoms with van der Waals surface area (Å²) in [6, 6.07) is 9.53. The number of nitrogens with zero attached hydrogens (tertiary/aromatic N) is 4. The molecule has 128 valence electrons. The van der Waals surface area contributed by atoms with Gasteiger partial charge in [0.15, 0.2) is 0 Å². The summed E-state index contributed by atoms with van der Waals surface area (Å²) >= 11 is 1.82. The summed E-state index contributed by atoms with van der Waals surface area (Å²) in [4.78, 5) is 12.7. The Balaban J connectivity index is 1.63. The number of fused-ring (bicyclic) bond motifs is 1. The molecule has 4 rings (SSSR count). The minimum Gasteiger partial charge on any atom is -0.307 e. The number of hydrogen-bond acceptors (Lipinski definition) is 4. The lowest BCUT2D eigenvalue weighted by molar-refractivity contribution is 0.102. The third-order valence-corrected chi connectivity index (χ3v) is 5.28. The molecule has 3 heterocycles. The average molecular weight is 353 g/mol. The molecule has 6 nitrogen and oxygen atoms in total. The van der Waals surface area contributed by atoms with Crippen LogP contribution in [0.2, 0.25) is 0 Å². The molecule has 1 amide bonds. The van der Waals surface area contributed by atoms with Crippen molar-refractivity contribution < 1.29 is 4.79 Å². The van der Waals surface area contributed by atoms with Gasteiger partial charge in [-0.1, -0.05) is 6.07 Å². The van der Waals surface area contributed by atoms with Crippen LogP contribution in [0.3, 0.4) is 0 Å². The predicted molar refractivity (Wildman–Crippen MR) is 99.2 cm³/mol. The lowest BCUT2D eigenvalue weighted by Gasteiger charge is -2.10. The number of benzene rings is 1. The fourth-order valence-electron chi connectivity index (χ4n) is 3.15. The van der Waals surface area contributed by atoms with Crippen molar-refractivity contribution in [3.63, 3.8) is 0 Å². The van der Waals surface area contributed by atoms with E-state index < -0.39 is 0 Å². The zero-order valence-electron chi connectivity index (χ0n) is 14.4. The summed E-state index contributed by atoms with van der Waals surface area (Å²) < 4.78 is 3.61. The van der Waals surface area contributed by atoms with Crippen molar-refractivity contribution in [1.29, 1.82) is 0 Å². The summed E-state index contributed by atoms with van der Waals surface area (Å²) in [6.07, 6.45) is 0. The van der Waals surface area contributed by atoms with E-state index in [1.807, 2.05) is 67.7 Å². The standard InChI is InChI=1S/C18H19N5OS/c1-11-7-12(2)23(20-11)14-6-4-5-13(8-14)18(24)19-17-15-9-25-10-16(15)21-22(17)3/h4-8H,9-10H2,1-3H3,(H,19,24). The second-order valence-electron chi connectivity index (χ2n) is 6.23. The van der Waals surface area contributed by atoms with Crippen LogP contribution in [0, 0.1) is 13.8 Å². The number of carbonyl (C=O) groups excluding carboxylic acids is 1.